The van der Waals surface area contributed by atoms with Crippen LogP contribution in [-0.4, -0.2) is 13.2 Å². The molecule has 1 fully saturated rings. The van der Waals surface area contributed by atoms with E-state index in [-0.39, 0.29) is 11.5 Å². The summed E-state index contributed by atoms with van der Waals surface area (Å²) in [6, 6.07) is 1.93. The fraction of sp³-hybridized carbons (Fsp3) is 0.538. The van der Waals surface area contributed by atoms with Gasteiger partial charge in [0.1, 0.15) is 5.82 Å². The number of nitrogens with two attached hydrogens (primary N) is 1. The van der Waals surface area contributed by atoms with Gasteiger partial charge in [0, 0.05) is 24.8 Å². The lowest BCUT2D eigenvalue weighted by Crippen LogP contribution is -2.28. The molecule has 1 saturated heterocycles. The minimum atomic E-state index is -4.54. The Bertz CT molecular complexity index is 441. The molecule has 0 unspecified atom stereocenters. The summed E-state index contributed by atoms with van der Waals surface area (Å²) in [5.41, 5.74) is 5.10. The number of benzene rings is 1. The molecular formula is C13H15F4NO. The second kappa shape index (κ2) is 5.46. The van der Waals surface area contributed by atoms with Crippen LogP contribution in [-0.2, 0) is 10.9 Å². The third-order valence-electron chi connectivity index (χ3n) is 3.46. The highest BCUT2D eigenvalue weighted by Gasteiger charge is 2.32. The molecule has 1 atom stereocenters. The maximum absolute atomic E-state index is 13.8. The molecule has 0 bridgehead atoms. The fourth-order valence-electron chi connectivity index (χ4n) is 2.30. The van der Waals surface area contributed by atoms with Gasteiger partial charge in [-0.1, -0.05) is 6.07 Å². The molecule has 0 aromatic heterocycles. The molecule has 0 saturated carbocycles. The standard InChI is InChI=1S/C13H15F4NO/c14-11-7-9(13(15,16)17)1-2-10(11)12(18)8-3-5-19-6-4-8/h1-2,7-8,12H,3-6,18H2/t12-/m1/s1. The minimum Gasteiger partial charge on any atom is -0.381 e. The van der Waals surface area contributed by atoms with Gasteiger partial charge < -0.3 is 10.5 Å². The predicted octanol–water partition coefficient (Wildman–Crippen LogP) is 3.27. The van der Waals surface area contributed by atoms with Gasteiger partial charge in [0.15, 0.2) is 0 Å². The van der Waals surface area contributed by atoms with Crippen molar-refractivity contribution in [1.82, 2.24) is 0 Å². The van der Waals surface area contributed by atoms with Crippen molar-refractivity contribution in [1.29, 1.82) is 0 Å². The molecule has 1 aromatic rings. The van der Waals surface area contributed by atoms with Crippen LogP contribution < -0.4 is 5.73 Å². The first-order chi connectivity index (χ1) is 8.89. The first-order valence-electron chi connectivity index (χ1n) is 6.09. The first kappa shape index (κ1) is 14.3. The fourth-order valence-corrected chi connectivity index (χ4v) is 2.30. The van der Waals surface area contributed by atoms with Crippen LogP contribution in [0.4, 0.5) is 17.6 Å². The molecule has 1 aromatic carbocycles. The van der Waals surface area contributed by atoms with Gasteiger partial charge in [0.2, 0.25) is 0 Å². The van der Waals surface area contributed by atoms with Crippen molar-refractivity contribution >= 4 is 0 Å². The third kappa shape index (κ3) is 3.25. The zero-order chi connectivity index (χ0) is 14.0. The Morgan fingerprint density at radius 1 is 1.21 bits per heavy atom. The van der Waals surface area contributed by atoms with Crippen molar-refractivity contribution in [2.45, 2.75) is 25.1 Å². The lowest BCUT2D eigenvalue weighted by atomic mass is 9.87. The van der Waals surface area contributed by atoms with Crippen LogP contribution in [0.2, 0.25) is 0 Å². The molecule has 2 rings (SSSR count). The smallest absolute Gasteiger partial charge is 0.381 e. The SMILES string of the molecule is N[C@@H](c1ccc(C(F)(F)F)cc1F)C1CCOCC1. The number of hydrogen-bond donors (Lipinski definition) is 1. The van der Waals surface area contributed by atoms with E-state index < -0.39 is 23.6 Å². The zero-order valence-electron chi connectivity index (χ0n) is 10.2. The second-order valence-electron chi connectivity index (χ2n) is 4.71. The average Bonchev–Trinajstić information content (AvgIpc) is 2.38. The van der Waals surface area contributed by atoms with Crippen molar-refractivity contribution in [2.75, 3.05) is 13.2 Å². The molecule has 0 spiro atoms. The molecule has 0 radical (unpaired) electrons. The van der Waals surface area contributed by atoms with E-state index in [0.29, 0.717) is 32.1 Å². The van der Waals surface area contributed by atoms with Crippen LogP contribution in [0.25, 0.3) is 0 Å². The Kier molecular flexibility index (Phi) is 4.10. The van der Waals surface area contributed by atoms with Crippen molar-refractivity contribution in [3.63, 3.8) is 0 Å². The minimum absolute atomic E-state index is 0.0417. The van der Waals surface area contributed by atoms with E-state index in [2.05, 4.69) is 0 Å². The van der Waals surface area contributed by atoms with Gasteiger partial charge in [-0.15, -0.1) is 0 Å². The van der Waals surface area contributed by atoms with Crippen molar-refractivity contribution in [3.8, 4) is 0 Å². The van der Waals surface area contributed by atoms with Crippen LogP contribution in [0.3, 0.4) is 0 Å². The zero-order valence-corrected chi connectivity index (χ0v) is 10.2. The van der Waals surface area contributed by atoms with Gasteiger partial charge >= 0.3 is 6.18 Å². The molecule has 1 aliphatic heterocycles. The van der Waals surface area contributed by atoms with E-state index in [1.807, 2.05) is 0 Å². The molecule has 0 amide bonds. The molecule has 2 nitrogen and oxygen atoms in total. The summed E-state index contributed by atoms with van der Waals surface area (Å²) in [5, 5.41) is 0. The third-order valence-corrected chi connectivity index (χ3v) is 3.46. The number of hydrogen-bond acceptors (Lipinski definition) is 2. The van der Waals surface area contributed by atoms with Crippen LogP contribution in [0.1, 0.15) is 30.0 Å². The number of halogens is 4. The molecule has 1 heterocycles. The van der Waals surface area contributed by atoms with Gasteiger partial charge in [0.05, 0.1) is 5.56 Å². The van der Waals surface area contributed by atoms with Crippen LogP contribution in [0.15, 0.2) is 18.2 Å². The Labute approximate surface area is 108 Å². The molecule has 1 aliphatic rings. The van der Waals surface area contributed by atoms with Crippen molar-refractivity contribution in [3.05, 3.63) is 35.1 Å². The van der Waals surface area contributed by atoms with E-state index in [9.17, 15) is 17.6 Å². The molecule has 106 valence electrons. The van der Waals surface area contributed by atoms with Gasteiger partial charge in [-0.25, -0.2) is 4.39 Å². The summed E-state index contributed by atoms with van der Waals surface area (Å²) in [6.45, 7) is 1.11. The summed E-state index contributed by atoms with van der Waals surface area (Å²) in [7, 11) is 0. The maximum Gasteiger partial charge on any atom is 0.416 e. The quantitative estimate of drug-likeness (QED) is 0.842. The maximum atomic E-state index is 13.8. The van der Waals surface area contributed by atoms with Crippen LogP contribution >= 0.6 is 0 Å². The molecule has 2 N–H and O–H groups in total. The van der Waals surface area contributed by atoms with Gasteiger partial charge in [-0.3, -0.25) is 0 Å². The highest BCUT2D eigenvalue weighted by molar-refractivity contribution is 5.28. The summed E-state index contributed by atoms with van der Waals surface area (Å²) in [4.78, 5) is 0. The van der Waals surface area contributed by atoms with E-state index >= 15 is 0 Å². The van der Waals surface area contributed by atoms with Crippen molar-refractivity contribution in [2.24, 2.45) is 11.7 Å². The normalized spacial score (nSPS) is 19.4. The average molecular weight is 277 g/mol. The lowest BCUT2D eigenvalue weighted by molar-refractivity contribution is -0.137. The van der Waals surface area contributed by atoms with Gasteiger partial charge in [0.25, 0.3) is 0 Å². The Morgan fingerprint density at radius 3 is 2.37 bits per heavy atom. The van der Waals surface area contributed by atoms with Crippen LogP contribution in [0.5, 0.6) is 0 Å². The number of alkyl halides is 3. The molecule has 19 heavy (non-hydrogen) atoms. The highest BCUT2D eigenvalue weighted by atomic mass is 19.4. The first-order valence-corrected chi connectivity index (χ1v) is 6.09. The van der Waals surface area contributed by atoms with E-state index in [0.717, 1.165) is 12.1 Å². The van der Waals surface area contributed by atoms with E-state index in [1.54, 1.807) is 0 Å². The second-order valence-corrected chi connectivity index (χ2v) is 4.71. The molecular weight excluding hydrogens is 262 g/mol. The lowest BCUT2D eigenvalue weighted by Gasteiger charge is -2.28. The predicted molar refractivity (Wildman–Crippen MR) is 61.9 cm³/mol. The van der Waals surface area contributed by atoms with E-state index in [4.69, 9.17) is 10.5 Å². The van der Waals surface area contributed by atoms with Crippen molar-refractivity contribution < 1.29 is 22.3 Å². The topological polar surface area (TPSA) is 35.2 Å². The molecule has 6 heteroatoms. The molecule has 0 aliphatic carbocycles. The largest absolute Gasteiger partial charge is 0.416 e. The van der Waals surface area contributed by atoms with Gasteiger partial charge in [-0.05, 0) is 30.9 Å². The Morgan fingerprint density at radius 2 is 1.84 bits per heavy atom. The van der Waals surface area contributed by atoms with Gasteiger partial charge in [-0.2, -0.15) is 13.2 Å². The summed E-state index contributed by atoms with van der Waals surface area (Å²) in [5.74, 6) is -0.853. The number of ether oxygens (including phenoxy) is 1. The Balaban J connectivity index is 2.20. The van der Waals surface area contributed by atoms with Crippen LogP contribution in [0, 0.1) is 11.7 Å². The summed E-state index contributed by atoms with van der Waals surface area (Å²) < 4.78 is 56.3. The Hall–Kier alpha value is -1.14. The highest BCUT2D eigenvalue weighted by Crippen LogP contribution is 2.34. The van der Waals surface area contributed by atoms with E-state index in [1.165, 1.54) is 0 Å². The summed E-state index contributed by atoms with van der Waals surface area (Å²) >= 11 is 0. The summed E-state index contributed by atoms with van der Waals surface area (Å²) in [6.07, 6.45) is -3.15. The number of rotatable bonds is 2. The monoisotopic (exact) mass is 277 g/mol.